The molecule has 0 unspecified atom stereocenters. The quantitative estimate of drug-likeness (QED) is 0.259. The van der Waals surface area contributed by atoms with E-state index in [4.69, 9.17) is 0 Å². The molecule has 0 aromatic heterocycles. The van der Waals surface area contributed by atoms with Gasteiger partial charge < -0.3 is 10.2 Å². The van der Waals surface area contributed by atoms with Crippen LogP contribution in [0.5, 0.6) is 0 Å². The molecule has 2 amide bonds. The SMILES string of the molecule is CC(C)CNC(=O)[C@H](Cc1ccccc1)N(Cc1ccccc1)C(=O)CN(c1cccc2ccccc12)S(C)(=O)=O. The molecule has 0 heterocycles. The molecule has 0 radical (unpaired) electrons. The number of anilines is 1. The Labute approximate surface area is 242 Å². The van der Waals surface area contributed by atoms with Crippen molar-refractivity contribution >= 4 is 38.3 Å². The Kier molecular flexibility index (Phi) is 9.78. The standard InChI is InChI=1S/C33H37N3O4S/c1-25(2)22-34-33(38)31(21-26-13-6-4-7-14-26)35(23-27-15-8-5-9-16-27)32(37)24-36(41(3,39)40)30-20-12-18-28-17-10-11-19-29(28)30/h4-20,25,31H,21-24H2,1-3H3,(H,34,38)/t31-/m0/s1. The van der Waals surface area contributed by atoms with Crippen molar-refractivity contribution in [2.75, 3.05) is 23.7 Å². The Morgan fingerprint density at radius 1 is 0.780 bits per heavy atom. The summed E-state index contributed by atoms with van der Waals surface area (Å²) < 4.78 is 27.4. The zero-order valence-corrected chi connectivity index (χ0v) is 24.6. The van der Waals surface area contributed by atoms with Crippen LogP contribution in [0.2, 0.25) is 0 Å². The number of nitrogens with one attached hydrogen (secondary N) is 1. The summed E-state index contributed by atoms with van der Waals surface area (Å²) >= 11 is 0. The van der Waals surface area contributed by atoms with Crippen LogP contribution in [0.15, 0.2) is 103 Å². The van der Waals surface area contributed by atoms with Gasteiger partial charge in [-0.15, -0.1) is 0 Å². The molecular formula is C33H37N3O4S. The van der Waals surface area contributed by atoms with E-state index in [0.717, 1.165) is 32.5 Å². The van der Waals surface area contributed by atoms with Gasteiger partial charge >= 0.3 is 0 Å². The summed E-state index contributed by atoms with van der Waals surface area (Å²) in [5.74, 6) is -0.516. The van der Waals surface area contributed by atoms with Crippen LogP contribution < -0.4 is 9.62 Å². The predicted molar refractivity (Wildman–Crippen MR) is 165 cm³/mol. The zero-order chi connectivity index (χ0) is 29.4. The number of sulfonamides is 1. The van der Waals surface area contributed by atoms with Gasteiger partial charge in [0.25, 0.3) is 0 Å². The number of benzene rings is 4. The van der Waals surface area contributed by atoms with E-state index >= 15 is 0 Å². The summed E-state index contributed by atoms with van der Waals surface area (Å²) in [6.07, 6.45) is 1.39. The number of amides is 2. The molecule has 41 heavy (non-hydrogen) atoms. The molecule has 0 fully saturated rings. The molecule has 0 saturated heterocycles. The molecule has 4 aromatic carbocycles. The van der Waals surface area contributed by atoms with E-state index in [0.29, 0.717) is 12.2 Å². The molecule has 214 valence electrons. The van der Waals surface area contributed by atoms with Crippen molar-refractivity contribution in [3.05, 3.63) is 114 Å². The molecular weight excluding hydrogens is 534 g/mol. The highest BCUT2D eigenvalue weighted by molar-refractivity contribution is 7.92. The molecule has 8 heteroatoms. The molecule has 0 aliphatic carbocycles. The first kappa shape index (κ1) is 29.8. The van der Waals surface area contributed by atoms with Crippen LogP contribution in [0.4, 0.5) is 5.69 Å². The van der Waals surface area contributed by atoms with Gasteiger partial charge in [0.05, 0.1) is 11.9 Å². The first-order valence-electron chi connectivity index (χ1n) is 13.7. The minimum atomic E-state index is -3.85. The lowest BCUT2D eigenvalue weighted by Gasteiger charge is -2.34. The first-order chi connectivity index (χ1) is 19.6. The second-order valence-corrected chi connectivity index (χ2v) is 12.5. The van der Waals surface area contributed by atoms with Crippen LogP contribution in [0, 0.1) is 5.92 Å². The van der Waals surface area contributed by atoms with Gasteiger partial charge in [-0.05, 0) is 28.5 Å². The van der Waals surface area contributed by atoms with Crippen LogP contribution in [-0.4, -0.2) is 50.5 Å². The Bertz CT molecular complexity index is 1570. The third kappa shape index (κ3) is 7.95. The number of hydrogen-bond donors (Lipinski definition) is 1. The molecule has 0 aliphatic rings. The minimum absolute atomic E-state index is 0.152. The van der Waals surface area contributed by atoms with Crippen LogP contribution in [0.3, 0.4) is 0 Å². The third-order valence-electron chi connectivity index (χ3n) is 6.87. The van der Waals surface area contributed by atoms with Crippen molar-refractivity contribution in [1.29, 1.82) is 0 Å². The zero-order valence-electron chi connectivity index (χ0n) is 23.7. The molecule has 4 aromatic rings. The van der Waals surface area contributed by atoms with Gasteiger partial charge in [-0.3, -0.25) is 13.9 Å². The number of rotatable bonds is 12. The van der Waals surface area contributed by atoms with Gasteiger partial charge in [0, 0.05) is 24.9 Å². The average Bonchev–Trinajstić information content (AvgIpc) is 2.96. The normalized spacial score (nSPS) is 12.2. The van der Waals surface area contributed by atoms with Gasteiger partial charge in [-0.1, -0.05) is 111 Å². The molecule has 4 rings (SSSR count). The number of carbonyl (C=O) groups excluding carboxylic acids is 2. The lowest BCUT2D eigenvalue weighted by molar-refractivity contribution is -0.140. The maximum Gasteiger partial charge on any atom is 0.244 e. The number of hydrogen-bond acceptors (Lipinski definition) is 4. The summed E-state index contributed by atoms with van der Waals surface area (Å²) in [5.41, 5.74) is 2.16. The van der Waals surface area contributed by atoms with E-state index in [-0.39, 0.29) is 24.8 Å². The van der Waals surface area contributed by atoms with Crippen molar-refractivity contribution in [3.63, 3.8) is 0 Å². The third-order valence-corrected chi connectivity index (χ3v) is 7.99. The Morgan fingerprint density at radius 3 is 2.00 bits per heavy atom. The highest BCUT2D eigenvalue weighted by Crippen LogP contribution is 2.29. The molecule has 1 N–H and O–H groups in total. The fourth-order valence-corrected chi connectivity index (χ4v) is 5.64. The summed E-state index contributed by atoms with van der Waals surface area (Å²) in [4.78, 5) is 29.4. The van der Waals surface area contributed by atoms with Crippen molar-refractivity contribution in [1.82, 2.24) is 10.2 Å². The van der Waals surface area contributed by atoms with Gasteiger partial charge in [0.1, 0.15) is 12.6 Å². The number of nitrogens with zero attached hydrogens (tertiary/aromatic N) is 2. The Hall–Kier alpha value is -4.17. The molecule has 0 spiro atoms. The van der Waals surface area contributed by atoms with E-state index in [1.54, 1.807) is 12.1 Å². The minimum Gasteiger partial charge on any atom is -0.354 e. The second kappa shape index (κ2) is 13.5. The average molecular weight is 572 g/mol. The van der Waals surface area contributed by atoms with Crippen LogP contribution >= 0.6 is 0 Å². The van der Waals surface area contributed by atoms with Crippen LogP contribution in [-0.2, 0) is 32.6 Å². The van der Waals surface area contributed by atoms with Gasteiger partial charge in [0.15, 0.2) is 0 Å². The lowest BCUT2D eigenvalue weighted by atomic mass is 10.0. The summed E-state index contributed by atoms with van der Waals surface area (Å²) in [7, 11) is -3.85. The molecule has 1 atom stereocenters. The largest absolute Gasteiger partial charge is 0.354 e. The van der Waals surface area contributed by atoms with Crippen molar-refractivity contribution in [2.45, 2.75) is 32.9 Å². The van der Waals surface area contributed by atoms with E-state index < -0.39 is 28.5 Å². The van der Waals surface area contributed by atoms with E-state index in [1.165, 1.54) is 4.90 Å². The predicted octanol–water partition coefficient (Wildman–Crippen LogP) is 5.02. The molecule has 0 saturated carbocycles. The first-order valence-corrected chi connectivity index (χ1v) is 15.6. The second-order valence-electron chi connectivity index (χ2n) is 10.6. The monoisotopic (exact) mass is 571 g/mol. The van der Waals surface area contributed by atoms with Crippen LogP contribution in [0.25, 0.3) is 10.8 Å². The van der Waals surface area contributed by atoms with E-state index in [9.17, 15) is 18.0 Å². The van der Waals surface area contributed by atoms with Gasteiger partial charge in [0.2, 0.25) is 21.8 Å². The molecule has 7 nitrogen and oxygen atoms in total. The van der Waals surface area contributed by atoms with E-state index in [2.05, 4.69) is 5.32 Å². The topological polar surface area (TPSA) is 86.8 Å². The smallest absolute Gasteiger partial charge is 0.244 e. The lowest BCUT2D eigenvalue weighted by Crippen LogP contribution is -2.53. The maximum absolute atomic E-state index is 14.2. The summed E-state index contributed by atoms with van der Waals surface area (Å²) in [6, 6.07) is 31.0. The van der Waals surface area contributed by atoms with Gasteiger partial charge in [-0.2, -0.15) is 0 Å². The Morgan fingerprint density at radius 2 is 1.37 bits per heavy atom. The highest BCUT2D eigenvalue weighted by atomic mass is 32.2. The number of carbonyl (C=O) groups is 2. The molecule has 0 aliphatic heterocycles. The fourth-order valence-electron chi connectivity index (χ4n) is 4.78. The van der Waals surface area contributed by atoms with Crippen molar-refractivity contribution in [2.24, 2.45) is 5.92 Å². The van der Waals surface area contributed by atoms with Gasteiger partial charge in [-0.25, -0.2) is 8.42 Å². The van der Waals surface area contributed by atoms with Crippen molar-refractivity contribution < 1.29 is 18.0 Å². The van der Waals surface area contributed by atoms with E-state index in [1.807, 2.05) is 105 Å². The number of fused-ring (bicyclic) bond motifs is 1. The van der Waals surface area contributed by atoms with Crippen LogP contribution in [0.1, 0.15) is 25.0 Å². The summed E-state index contributed by atoms with van der Waals surface area (Å²) in [5, 5.41) is 4.58. The highest BCUT2D eigenvalue weighted by Gasteiger charge is 2.33. The maximum atomic E-state index is 14.2. The summed E-state index contributed by atoms with van der Waals surface area (Å²) in [6.45, 7) is 4.19. The Balaban J connectivity index is 1.76. The van der Waals surface area contributed by atoms with Crippen molar-refractivity contribution in [3.8, 4) is 0 Å². The molecule has 0 bridgehead atoms. The fraction of sp³-hybridized carbons (Fsp3) is 0.273.